The van der Waals surface area contributed by atoms with Crippen LogP contribution in [0, 0.1) is 12.8 Å². The van der Waals surface area contributed by atoms with Gasteiger partial charge in [-0.3, -0.25) is 9.59 Å². The van der Waals surface area contributed by atoms with Crippen molar-refractivity contribution in [2.45, 2.75) is 38.6 Å². The molecule has 0 spiro atoms. The summed E-state index contributed by atoms with van der Waals surface area (Å²) in [4.78, 5) is 26.0. The molecule has 0 aromatic heterocycles. The molecule has 1 saturated carbocycles. The summed E-state index contributed by atoms with van der Waals surface area (Å²) in [5.74, 6) is 0.134. The molecule has 4 heteroatoms. The van der Waals surface area contributed by atoms with Crippen LogP contribution < -0.4 is 5.32 Å². The molecule has 0 bridgehead atoms. The van der Waals surface area contributed by atoms with Crippen LogP contribution in [0.1, 0.15) is 36.8 Å². The van der Waals surface area contributed by atoms with Crippen LogP contribution in [0.15, 0.2) is 24.3 Å². The summed E-state index contributed by atoms with van der Waals surface area (Å²) < 4.78 is 0. The van der Waals surface area contributed by atoms with Crippen molar-refractivity contribution in [1.82, 2.24) is 10.2 Å². The van der Waals surface area contributed by atoms with Crippen molar-refractivity contribution in [3.8, 4) is 0 Å². The van der Waals surface area contributed by atoms with Gasteiger partial charge in [0.1, 0.15) is 0 Å². The Bertz CT molecular complexity index is 566. The Morgan fingerprint density at radius 1 is 1.19 bits per heavy atom. The average molecular weight is 286 g/mol. The van der Waals surface area contributed by atoms with Crippen LogP contribution in [-0.2, 0) is 9.59 Å². The van der Waals surface area contributed by atoms with Crippen molar-refractivity contribution in [3.63, 3.8) is 0 Å². The number of carbonyl (C=O) groups excluding carboxylic acids is 2. The molecule has 21 heavy (non-hydrogen) atoms. The van der Waals surface area contributed by atoms with E-state index < -0.39 is 0 Å². The lowest BCUT2D eigenvalue weighted by atomic mass is 9.86. The third kappa shape index (κ3) is 2.94. The standard InChI is InChI=1S/C17H22N2O2/c1-11-5-3-4-6-14(11)15-9-19(12(2)20)10-16(15)17(21)18-13-7-8-13/h3-6,13,15-16H,7-10H2,1-2H3,(H,18,21). The maximum Gasteiger partial charge on any atom is 0.225 e. The summed E-state index contributed by atoms with van der Waals surface area (Å²) in [5, 5.41) is 3.10. The number of likely N-dealkylation sites (tertiary alicyclic amines) is 1. The van der Waals surface area contributed by atoms with Crippen molar-refractivity contribution >= 4 is 11.8 Å². The number of rotatable bonds is 3. The van der Waals surface area contributed by atoms with Crippen LogP contribution in [0.25, 0.3) is 0 Å². The van der Waals surface area contributed by atoms with E-state index in [0.29, 0.717) is 19.1 Å². The number of hydrogen-bond donors (Lipinski definition) is 1. The molecule has 112 valence electrons. The van der Waals surface area contributed by atoms with E-state index >= 15 is 0 Å². The molecule has 1 heterocycles. The molecule has 1 aliphatic heterocycles. The van der Waals surface area contributed by atoms with Gasteiger partial charge in [-0.05, 0) is 30.9 Å². The summed E-state index contributed by atoms with van der Waals surface area (Å²) in [6, 6.07) is 8.54. The molecule has 2 aliphatic rings. The molecular weight excluding hydrogens is 264 g/mol. The molecule has 3 rings (SSSR count). The molecule has 2 unspecified atom stereocenters. The minimum atomic E-state index is -0.129. The van der Waals surface area contributed by atoms with E-state index in [1.165, 1.54) is 11.1 Å². The fraction of sp³-hybridized carbons (Fsp3) is 0.529. The van der Waals surface area contributed by atoms with Gasteiger partial charge in [0.2, 0.25) is 11.8 Å². The topological polar surface area (TPSA) is 49.4 Å². The van der Waals surface area contributed by atoms with Gasteiger partial charge in [-0.1, -0.05) is 24.3 Å². The quantitative estimate of drug-likeness (QED) is 0.921. The molecule has 0 radical (unpaired) electrons. The minimum Gasteiger partial charge on any atom is -0.353 e. The predicted octanol–water partition coefficient (Wildman–Crippen LogP) is 1.84. The van der Waals surface area contributed by atoms with Crippen LogP contribution in [-0.4, -0.2) is 35.8 Å². The van der Waals surface area contributed by atoms with Crippen molar-refractivity contribution in [2.24, 2.45) is 5.92 Å². The van der Waals surface area contributed by atoms with Crippen molar-refractivity contribution in [1.29, 1.82) is 0 Å². The molecule has 1 aliphatic carbocycles. The Morgan fingerprint density at radius 2 is 1.90 bits per heavy atom. The lowest BCUT2D eigenvalue weighted by molar-refractivity contribution is -0.128. The second-order valence-corrected chi connectivity index (χ2v) is 6.28. The molecule has 2 fully saturated rings. The summed E-state index contributed by atoms with van der Waals surface area (Å²) >= 11 is 0. The molecule has 2 atom stereocenters. The van der Waals surface area contributed by atoms with E-state index in [-0.39, 0.29) is 23.7 Å². The highest BCUT2D eigenvalue weighted by atomic mass is 16.2. The molecule has 1 saturated heterocycles. The van der Waals surface area contributed by atoms with Gasteiger partial charge in [0.25, 0.3) is 0 Å². The number of carbonyl (C=O) groups is 2. The number of nitrogens with one attached hydrogen (secondary N) is 1. The zero-order valence-electron chi connectivity index (χ0n) is 12.6. The monoisotopic (exact) mass is 286 g/mol. The van der Waals surface area contributed by atoms with Gasteiger partial charge in [0.05, 0.1) is 5.92 Å². The van der Waals surface area contributed by atoms with E-state index in [2.05, 4.69) is 24.4 Å². The Hall–Kier alpha value is -1.84. The van der Waals surface area contributed by atoms with Gasteiger partial charge >= 0.3 is 0 Å². The Kier molecular flexibility index (Phi) is 3.70. The maximum absolute atomic E-state index is 12.5. The van der Waals surface area contributed by atoms with E-state index in [1.54, 1.807) is 11.8 Å². The van der Waals surface area contributed by atoms with Gasteiger partial charge in [0.15, 0.2) is 0 Å². The summed E-state index contributed by atoms with van der Waals surface area (Å²) in [7, 11) is 0. The van der Waals surface area contributed by atoms with Gasteiger partial charge in [-0.25, -0.2) is 0 Å². The van der Waals surface area contributed by atoms with E-state index in [4.69, 9.17) is 0 Å². The highest BCUT2D eigenvalue weighted by molar-refractivity contribution is 5.83. The van der Waals surface area contributed by atoms with Gasteiger partial charge in [-0.2, -0.15) is 0 Å². The van der Waals surface area contributed by atoms with Gasteiger partial charge in [-0.15, -0.1) is 0 Å². The number of aryl methyl sites for hydroxylation is 1. The van der Waals surface area contributed by atoms with Gasteiger partial charge in [0, 0.05) is 32.0 Å². The number of benzene rings is 1. The van der Waals surface area contributed by atoms with Crippen LogP contribution in [0.5, 0.6) is 0 Å². The van der Waals surface area contributed by atoms with Gasteiger partial charge < -0.3 is 10.2 Å². The maximum atomic E-state index is 12.5. The summed E-state index contributed by atoms with van der Waals surface area (Å²) in [6.45, 7) is 4.83. The van der Waals surface area contributed by atoms with E-state index in [0.717, 1.165) is 12.8 Å². The van der Waals surface area contributed by atoms with Crippen molar-refractivity contribution in [2.75, 3.05) is 13.1 Å². The fourth-order valence-corrected chi connectivity index (χ4v) is 3.18. The zero-order valence-corrected chi connectivity index (χ0v) is 12.6. The zero-order chi connectivity index (χ0) is 15.0. The summed E-state index contributed by atoms with van der Waals surface area (Å²) in [5.41, 5.74) is 2.38. The first-order chi connectivity index (χ1) is 10.1. The van der Waals surface area contributed by atoms with Crippen molar-refractivity contribution < 1.29 is 9.59 Å². The lowest BCUT2D eigenvalue weighted by Crippen LogP contribution is -2.36. The number of hydrogen-bond acceptors (Lipinski definition) is 2. The second-order valence-electron chi connectivity index (χ2n) is 6.28. The smallest absolute Gasteiger partial charge is 0.225 e. The van der Waals surface area contributed by atoms with E-state index in [1.807, 2.05) is 12.1 Å². The molecule has 1 N–H and O–H groups in total. The lowest BCUT2D eigenvalue weighted by Gasteiger charge is -2.19. The first-order valence-corrected chi connectivity index (χ1v) is 7.67. The van der Waals surface area contributed by atoms with Crippen LogP contribution in [0.4, 0.5) is 0 Å². The van der Waals surface area contributed by atoms with E-state index in [9.17, 15) is 9.59 Å². The Balaban J connectivity index is 1.85. The van der Waals surface area contributed by atoms with Crippen LogP contribution in [0.3, 0.4) is 0 Å². The normalized spacial score (nSPS) is 25.0. The first-order valence-electron chi connectivity index (χ1n) is 7.67. The predicted molar refractivity (Wildman–Crippen MR) is 80.8 cm³/mol. The number of amides is 2. The third-order valence-corrected chi connectivity index (χ3v) is 4.61. The highest BCUT2D eigenvalue weighted by Crippen LogP contribution is 2.35. The average Bonchev–Trinajstić information content (AvgIpc) is 3.14. The van der Waals surface area contributed by atoms with Crippen LogP contribution >= 0.6 is 0 Å². The van der Waals surface area contributed by atoms with Crippen LogP contribution in [0.2, 0.25) is 0 Å². The third-order valence-electron chi connectivity index (χ3n) is 4.61. The minimum absolute atomic E-state index is 0.0512. The Labute approximate surface area is 125 Å². The second kappa shape index (κ2) is 5.51. The Morgan fingerprint density at radius 3 is 2.52 bits per heavy atom. The fourth-order valence-electron chi connectivity index (χ4n) is 3.18. The van der Waals surface area contributed by atoms with Crippen molar-refractivity contribution in [3.05, 3.63) is 35.4 Å². The first kappa shape index (κ1) is 14.1. The summed E-state index contributed by atoms with van der Waals surface area (Å²) in [6.07, 6.45) is 2.17. The molecule has 1 aromatic carbocycles. The molecule has 4 nitrogen and oxygen atoms in total. The number of nitrogens with zero attached hydrogens (tertiary/aromatic N) is 1. The molecule has 2 amide bonds. The molecular formula is C17H22N2O2. The largest absolute Gasteiger partial charge is 0.353 e. The molecule has 1 aromatic rings. The highest BCUT2D eigenvalue weighted by Gasteiger charge is 2.41. The SMILES string of the molecule is CC(=O)N1CC(C(=O)NC2CC2)C(c2ccccc2C)C1.